The largest absolute Gasteiger partial charge is 0.330 e. The fraction of sp³-hybridized carbons (Fsp3) is 1.00. The summed E-state index contributed by atoms with van der Waals surface area (Å²) in [6.45, 7) is 9.93. The minimum Gasteiger partial charge on any atom is -0.330 e. The van der Waals surface area contributed by atoms with Crippen LogP contribution in [0, 0.1) is 0 Å². The van der Waals surface area contributed by atoms with E-state index < -0.39 is 0 Å². The Bertz CT molecular complexity index is 89.8. The molecule has 12 heavy (non-hydrogen) atoms. The van der Waals surface area contributed by atoms with Gasteiger partial charge in [-0.05, 0) is 39.4 Å². The quantitative estimate of drug-likeness (QED) is 0.594. The molecule has 0 spiro atoms. The van der Waals surface area contributed by atoms with E-state index in [1.807, 2.05) is 0 Å². The highest BCUT2D eigenvalue weighted by atomic mass is 15.1. The first kappa shape index (κ1) is 11.9. The molecule has 0 radical (unpaired) electrons. The number of hydrogen-bond donors (Lipinski definition) is 1. The fourth-order valence-electron chi connectivity index (χ4n) is 1.61. The second kappa shape index (κ2) is 7.56. The van der Waals surface area contributed by atoms with Crippen molar-refractivity contribution in [1.82, 2.24) is 4.90 Å². The van der Waals surface area contributed by atoms with E-state index in [4.69, 9.17) is 5.73 Å². The van der Waals surface area contributed by atoms with Crippen LogP contribution in [0.4, 0.5) is 0 Å². The van der Waals surface area contributed by atoms with Crippen molar-refractivity contribution >= 4 is 0 Å². The van der Waals surface area contributed by atoms with Crippen molar-refractivity contribution < 1.29 is 0 Å². The van der Waals surface area contributed by atoms with Crippen LogP contribution < -0.4 is 5.73 Å². The first-order valence-corrected chi connectivity index (χ1v) is 5.20. The van der Waals surface area contributed by atoms with Crippen molar-refractivity contribution in [3.8, 4) is 0 Å². The lowest BCUT2D eigenvalue weighted by molar-refractivity contribution is 0.217. The minimum atomic E-state index is 0.728. The highest BCUT2D eigenvalue weighted by Crippen LogP contribution is 2.06. The molecule has 0 aliphatic heterocycles. The van der Waals surface area contributed by atoms with Crippen LogP contribution in [0.2, 0.25) is 0 Å². The summed E-state index contributed by atoms with van der Waals surface area (Å²) in [6, 6.07) is 0.728. The molecule has 0 aromatic rings. The maximum absolute atomic E-state index is 5.44. The van der Waals surface area contributed by atoms with Crippen molar-refractivity contribution in [2.75, 3.05) is 19.6 Å². The van der Waals surface area contributed by atoms with Crippen molar-refractivity contribution in [3.63, 3.8) is 0 Å². The van der Waals surface area contributed by atoms with Gasteiger partial charge in [0.15, 0.2) is 0 Å². The van der Waals surface area contributed by atoms with Gasteiger partial charge in [-0.3, -0.25) is 0 Å². The molecule has 74 valence electrons. The first-order valence-electron chi connectivity index (χ1n) is 5.20. The van der Waals surface area contributed by atoms with Crippen molar-refractivity contribution in [1.29, 1.82) is 0 Å². The van der Waals surface area contributed by atoms with Crippen LogP contribution in [0.5, 0.6) is 0 Å². The van der Waals surface area contributed by atoms with Crippen LogP contribution in [0.25, 0.3) is 0 Å². The summed E-state index contributed by atoms with van der Waals surface area (Å²) in [5, 5.41) is 0. The molecule has 0 aromatic heterocycles. The van der Waals surface area contributed by atoms with Gasteiger partial charge in [-0.1, -0.05) is 20.3 Å². The van der Waals surface area contributed by atoms with Gasteiger partial charge in [-0.15, -0.1) is 0 Å². The van der Waals surface area contributed by atoms with Gasteiger partial charge in [0.25, 0.3) is 0 Å². The number of nitrogens with two attached hydrogens (primary N) is 1. The van der Waals surface area contributed by atoms with Crippen molar-refractivity contribution in [2.45, 2.75) is 46.1 Å². The standard InChI is InChI=1S/C10H24N2/c1-4-12(5-2)10(3)8-6-7-9-11/h10H,4-9,11H2,1-3H3. The molecule has 0 rings (SSSR count). The predicted octanol–water partition coefficient (Wildman–Crippen LogP) is 1.85. The molecule has 0 saturated heterocycles. The van der Waals surface area contributed by atoms with Crippen LogP contribution >= 0.6 is 0 Å². The molecule has 0 fully saturated rings. The zero-order valence-electron chi connectivity index (χ0n) is 8.84. The van der Waals surface area contributed by atoms with E-state index in [1.54, 1.807) is 0 Å². The van der Waals surface area contributed by atoms with Crippen LogP contribution in [0.15, 0.2) is 0 Å². The lowest BCUT2D eigenvalue weighted by Crippen LogP contribution is -2.32. The Balaban J connectivity index is 3.47. The van der Waals surface area contributed by atoms with E-state index in [0.29, 0.717) is 0 Å². The van der Waals surface area contributed by atoms with Crippen LogP contribution in [0.3, 0.4) is 0 Å². The molecule has 0 aliphatic carbocycles. The minimum absolute atomic E-state index is 0.728. The monoisotopic (exact) mass is 172 g/mol. The molecule has 1 unspecified atom stereocenters. The van der Waals surface area contributed by atoms with E-state index in [9.17, 15) is 0 Å². The Morgan fingerprint density at radius 1 is 1.17 bits per heavy atom. The molecular weight excluding hydrogens is 148 g/mol. The zero-order valence-corrected chi connectivity index (χ0v) is 8.84. The summed E-state index contributed by atoms with van der Waals surface area (Å²) >= 11 is 0. The summed E-state index contributed by atoms with van der Waals surface area (Å²) in [7, 11) is 0. The molecule has 0 aliphatic rings. The van der Waals surface area contributed by atoms with Crippen molar-refractivity contribution in [3.05, 3.63) is 0 Å². The summed E-state index contributed by atoms with van der Waals surface area (Å²) in [6.07, 6.45) is 3.73. The van der Waals surface area contributed by atoms with Crippen molar-refractivity contribution in [2.24, 2.45) is 5.73 Å². The average molecular weight is 172 g/mol. The maximum Gasteiger partial charge on any atom is 0.00667 e. The number of rotatable bonds is 7. The normalized spacial score (nSPS) is 13.8. The summed E-state index contributed by atoms with van der Waals surface area (Å²) in [5.41, 5.74) is 5.44. The van der Waals surface area contributed by atoms with Gasteiger partial charge < -0.3 is 10.6 Å². The second-order valence-corrected chi connectivity index (χ2v) is 3.35. The molecule has 2 nitrogen and oxygen atoms in total. The third kappa shape index (κ3) is 4.73. The van der Waals surface area contributed by atoms with E-state index in [2.05, 4.69) is 25.7 Å². The predicted molar refractivity (Wildman–Crippen MR) is 55.3 cm³/mol. The number of hydrogen-bond acceptors (Lipinski definition) is 2. The smallest absolute Gasteiger partial charge is 0.00667 e. The molecule has 0 amide bonds. The zero-order chi connectivity index (χ0) is 9.40. The Morgan fingerprint density at radius 2 is 1.75 bits per heavy atom. The van der Waals surface area contributed by atoms with E-state index in [1.165, 1.54) is 32.4 Å². The molecule has 0 saturated carbocycles. The Hall–Kier alpha value is -0.0800. The lowest BCUT2D eigenvalue weighted by atomic mass is 10.1. The first-order chi connectivity index (χ1) is 5.76. The summed E-state index contributed by atoms with van der Waals surface area (Å²) < 4.78 is 0. The van der Waals surface area contributed by atoms with Crippen LogP contribution in [-0.4, -0.2) is 30.6 Å². The summed E-state index contributed by atoms with van der Waals surface area (Å²) in [4.78, 5) is 2.50. The van der Waals surface area contributed by atoms with Gasteiger partial charge in [0.05, 0.1) is 0 Å². The van der Waals surface area contributed by atoms with Gasteiger partial charge in [-0.2, -0.15) is 0 Å². The third-order valence-corrected chi connectivity index (χ3v) is 2.51. The Labute approximate surface area is 77.1 Å². The van der Waals surface area contributed by atoms with Gasteiger partial charge >= 0.3 is 0 Å². The molecule has 0 heterocycles. The summed E-state index contributed by atoms with van der Waals surface area (Å²) in [5.74, 6) is 0. The van der Waals surface area contributed by atoms with Gasteiger partial charge in [0, 0.05) is 6.04 Å². The maximum atomic E-state index is 5.44. The molecule has 2 heteroatoms. The Kier molecular flexibility index (Phi) is 7.51. The third-order valence-electron chi connectivity index (χ3n) is 2.51. The molecule has 1 atom stereocenters. The molecular formula is C10H24N2. The van der Waals surface area contributed by atoms with Gasteiger partial charge in [-0.25, -0.2) is 0 Å². The highest BCUT2D eigenvalue weighted by Gasteiger charge is 2.08. The van der Waals surface area contributed by atoms with E-state index in [-0.39, 0.29) is 0 Å². The van der Waals surface area contributed by atoms with Gasteiger partial charge in [0.1, 0.15) is 0 Å². The lowest BCUT2D eigenvalue weighted by Gasteiger charge is -2.26. The van der Waals surface area contributed by atoms with E-state index >= 15 is 0 Å². The SMILES string of the molecule is CCN(CC)C(C)CCCCN. The topological polar surface area (TPSA) is 29.3 Å². The molecule has 0 aromatic carbocycles. The van der Waals surface area contributed by atoms with E-state index in [0.717, 1.165) is 12.6 Å². The van der Waals surface area contributed by atoms with Crippen LogP contribution in [0.1, 0.15) is 40.0 Å². The average Bonchev–Trinajstić information content (AvgIpc) is 2.07. The fourth-order valence-corrected chi connectivity index (χ4v) is 1.61. The van der Waals surface area contributed by atoms with Crippen LogP contribution in [-0.2, 0) is 0 Å². The Morgan fingerprint density at radius 3 is 2.17 bits per heavy atom. The number of unbranched alkanes of at least 4 members (excludes halogenated alkanes) is 1. The molecule has 0 bridgehead atoms. The second-order valence-electron chi connectivity index (χ2n) is 3.35. The van der Waals surface area contributed by atoms with Gasteiger partial charge in [0.2, 0.25) is 0 Å². The number of nitrogens with zero attached hydrogens (tertiary/aromatic N) is 1. The highest BCUT2D eigenvalue weighted by molar-refractivity contribution is 4.64. The molecule has 2 N–H and O–H groups in total.